The first-order valence-corrected chi connectivity index (χ1v) is 6.24. The molecule has 2 N–H and O–H groups in total. The van der Waals surface area contributed by atoms with E-state index in [4.69, 9.17) is 22.1 Å². The molecule has 0 radical (unpaired) electrons. The normalized spacial score (nSPS) is 10.3. The molecule has 0 aliphatic carbocycles. The Bertz CT molecular complexity index is 707. The van der Waals surface area contributed by atoms with Crippen LogP contribution in [0, 0.1) is 5.82 Å². The lowest BCUT2D eigenvalue weighted by Crippen LogP contribution is -2.10. The summed E-state index contributed by atoms with van der Waals surface area (Å²) in [5, 5.41) is 0.255. The number of anilines is 1. The Morgan fingerprint density at radius 1 is 1.33 bits per heavy atom. The average molecular weight is 311 g/mol. The van der Waals surface area contributed by atoms with E-state index in [9.17, 15) is 9.18 Å². The first-order valence-electron chi connectivity index (χ1n) is 5.86. The number of nitrogens with two attached hydrogens (primary N) is 1. The minimum Gasteiger partial charge on any atom is -0.492 e. The molecule has 5 nitrogen and oxygen atoms in total. The number of ether oxygens (including phenoxy) is 2. The fraction of sp³-hybridized carbons (Fsp3) is 0.143. The molecular weight excluding hydrogens is 299 g/mol. The van der Waals surface area contributed by atoms with Crippen LogP contribution in [0.5, 0.6) is 5.75 Å². The summed E-state index contributed by atoms with van der Waals surface area (Å²) in [5.41, 5.74) is 6.20. The van der Waals surface area contributed by atoms with Gasteiger partial charge in [0, 0.05) is 10.6 Å². The van der Waals surface area contributed by atoms with Crippen LogP contribution in [-0.4, -0.2) is 25.2 Å². The maximum atomic E-state index is 14.0. The molecule has 0 unspecified atom stereocenters. The standard InChI is InChI=1S/C14H12ClFN2O3/c1-20-13-10(17)6-11(18-12(13)14(19)21-2)8-4-3-7(15)5-9(8)16/h3-6H,1-2H3,(H2,17,18). The largest absolute Gasteiger partial charge is 0.492 e. The molecule has 1 aromatic carbocycles. The highest BCUT2D eigenvalue weighted by Gasteiger charge is 2.20. The van der Waals surface area contributed by atoms with Crippen LogP contribution in [0.15, 0.2) is 24.3 Å². The second-order valence-corrected chi connectivity index (χ2v) is 4.53. The third-order valence-corrected chi connectivity index (χ3v) is 3.03. The third kappa shape index (κ3) is 2.90. The number of aromatic nitrogens is 1. The summed E-state index contributed by atoms with van der Waals surface area (Å²) in [7, 11) is 2.55. The van der Waals surface area contributed by atoms with E-state index < -0.39 is 11.8 Å². The first-order chi connectivity index (χ1) is 9.97. The van der Waals surface area contributed by atoms with Crippen LogP contribution < -0.4 is 10.5 Å². The Balaban J connectivity index is 2.65. The molecule has 0 spiro atoms. The Labute approximate surface area is 125 Å². The van der Waals surface area contributed by atoms with Gasteiger partial charge in [0.2, 0.25) is 0 Å². The summed E-state index contributed by atoms with van der Waals surface area (Å²) in [4.78, 5) is 15.8. The summed E-state index contributed by atoms with van der Waals surface area (Å²) in [6, 6.07) is 5.53. The molecule has 0 aliphatic heterocycles. The minimum atomic E-state index is -0.727. The molecule has 1 heterocycles. The Morgan fingerprint density at radius 3 is 2.62 bits per heavy atom. The summed E-state index contributed by atoms with van der Waals surface area (Å²) < 4.78 is 23.6. The van der Waals surface area contributed by atoms with Crippen molar-refractivity contribution in [3.8, 4) is 17.0 Å². The van der Waals surface area contributed by atoms with E-state index in [1.807, 2.05) is 0 Å². The average Bonchev–Trinajstić information content (AvgIpc) is 2.45. The molecule has 1 aromatic heterocycles. The first kappa shape index (κ1) is 15.1. The topological polar surface area (TPSA) is 74.4 Å². The highest BCUT2D eigenvalue weighted by molar-refractivity contribution is 6.30. The molecule has 0 fully saturated rings. The number of nitrogen functional groups attached to an aromatic ring is 1. The molecule has 0 saturated heterocycles. The van der Waals surface area contributed by atoms with Crippen LogP contribution in [0.1, 0.15) is 10.5 Å². The van der Waals surface area contributed by atoms with Crippen molar-refractivity contribution in [2.75, 3.05) is 20.0 Å². The van der Waals surface area contributed by atoms with Gasteiger partial charge in [0.25, 0.3) is 0 Å². The van der Waals surface area contributed by atoms with E-state index in [1.54, 1.807) is 0 Å². The number of benzene rings is 1. The predicted molar refractivity (Wildman–Crippen MR) is 76.9 cm³/mol. The van der Waals surface area contributed by atoms with Gasteiger partial charge in [-0.1, -0.05) is 11.6 Å². The van der Waals surface area contributed by atoms with E-state index in [-0.39, 0.29) is 33.4 Å². The number of carbonyl (C=O) groups is 1. The van der Waals surface area contributed by atoms with Crippen molar-refractivity contribution in [3.63, 3.8) is 0 Å². The number of carbonyl (C=O) groups excluding carboxylic acids is 1. The molecule has 0 atom stereocenters. The Hall–Kier alpha value is -2.34. The van der Waals surface area contributed by atoms with Crippen molar-refractivity contribution in [1.82, 2.24) is 4.98 Å². The quantitative estimate of drug-likeness (QED) is 0.882. The van der Waals surface area contributed by atoms with Gasteiger partial charge >= 0.3 is 5.97 Å². The Morgan fingerprint density at radius 2 is 2.05 bits per heavy atom. The second-order valence-electron chi connectivity index (χ2n) is 4.09. The SMILES string of the molecule is COC(=O)c1nc(-c2ccc(Cl)cc2F)cc(N)c1OC. The lowest BCUT2D eigenvalue weighted by Gasteiger charge is -2.12. The van der Waals surface area contributed by atoms with Gasteiger partial charge in [0.1, 0.15) is 5.82 Å². The second kappa shape index (κ2) is 5.97. The van der Waals surface area contributed by atoms with E-state index in [0.717, 1.165) is 6.07 Å². The van der Waals surface area contributed by atoms with Gasteiger partial charge in [-0.2, -0.15) is 0 Å². The van der Waals surface area contributed by atoms with Gasteiger partial charge in [-0.3, -0.25) is 0 Å². The van der Waals surface area contributed by atoms with Crippen LogP contribution >= 0.6 is 11.6 Å². The number of halogens is 2. The molecule has 0 aliphatic rings. The van der Waals surface area contributed by atoms with Crippen LogP contribution in [0.2, 0.25) is 5.02 Å². The molecule has 7 heteroatoms. The number of esters is 1. The Kier molecular flexibility index (Phi) is 4.28. The monoisotopic (exact) mass is 310 g/mol. The van der Waals surface area contributed by atoms with Crippen molar-refractivity contribution >= 4 is 23.3 Å². The summed E-state index contributed by atoms with van der Waals surface area (Å²) in [6.45, 7) is 0. The molecule has 0 bridgehead atoms. The van der Waals surface area contributed by atoms with Crippen LogP contribution in [0.3, 0.4) is 0 Å². The number of pyridine rings is 1. The maximum absolute atomic E-state index is 14.0. The summed E-state index contributed by atoms with van der Waals surface area (Å²) in [6.07, 6.45) is 0. The van der Waals surface area contributed by atoms with E-state index in [0.29, 0.717) is 0 Å². The zero-order chi connectivity index (χ0) is 15.6. The number of hydrogen-bond donors (Lipinski definition) is 1. The van der Waals surface area contributed by atoms with Crippen LogP contribution in [-0.2, 0) is 4.74 Å². The van der Waals surface area contributed by atoms with Crippen molar-refractivity contribution in [1.29, 1.82) is 0 Å². The predicted octanol–water partition coefficient (Wildman–Crippen LogP) is 2.92. The molecule has 2 rings (SSSR count). The van der Waals surface area contributed by atoms with E-state index in [2.05, 4.69) is 9.72 Å². The molecule has 21 heavy (non-hydrogen) atoms. The zero-order valence-corrected chi connectivity index (χ0v) is 12.1. The molecule has 0 amide bonds. The zero-order valence-electron chi connectivity index (χ0n) is 11.3. The van der Waals surface area contributed by atoms with Crippen LogP contribution in [0.25, 0.3) is 11.3 Å². The smallest absolute Gasteiger partial charge is 0.360 e. The third-order valence-electron chi connectivity index (χ3n) is 2.79. The highest BCUT2D eigenvalue weighted by Crippen LogP contribution is 2.32. The number of methoxy groups -OCH3 is 2. The van der Waals surface area contributed by atoms with Crippen molar-refractivity contribution < 1.29 is 18.7 Å². The highest BCUT2D eigenvalue weighted by atomic mass is 35.5. The van der Waals surface area contributed by atoms with Crippen molar-refractivity contribution in [2.24, 2.45) is 0 Å². The molecule has 2 aromatic rings. The van der Waals surface area contributed by atoms with Gasteiger partial charge in [0.05, 0.1) is 25.6 Å². The fourth-order valence-electron chi connectivity index (χ4n) is 1.84. The molecule has 110 valence electrons. The van der Waals surface area contributed by atoms with Gasteiger partial charge in [-0.15, -0.1) is 0 Å². The molecular formula is C14H12ClFN2O3. The van der Waals surface area contributed by atoms with E-state index >= 15 is 0 Å². The molecule has 0 saturated carbocycles. The lowest BCUT2D eigenvalue weighted by atomic mass is 10.1. The van der Waals surface area contributed by atoms with Crippen LogP contribution in [0.4, 0.5) is 10.1 Å². The summed E-state index contributed by atoms with van der Waals surface area (Å²) >= 11 is 5.71. The number of rotatable bonds is 3. The lowest BCUT2D eigenvalue weighted by molar-refractivity contribution is 0.0590. The van der Waals surface area contributed by atoms with Gasteiger partial charge in [0.15, 0.2) is 11.4 Å². The maximum Gasteiger partial charge on any atom is 0.360 e. The fourth-order valence-corrected chi connectivity index (χ4v) is 2.00. The van der Waals surface area contributed by atoms with Gasteiger partial charge < -0.3 is 15.2 Å². The van der Waals surface area contributed by atoms with Crippen molar-refractivity contribution in [3.05, 3.63) is 40.8 Å². The summed E-state index contributed by atoms with van der Waals surface area (Å²) in [5.74, 6) is -1.22. The van der Waals surface area contributed by atoms with Crippen molar-refractivity contribution in [2.45, 2.75) is 0 Å². The van der Waals surface area contributed by atoms with E-state index in [1.165, 1.54) is 32.4 Å². The minimum absolute atomic E-state index is 0.0833. The van der Waals surface area contributed by atoms with Gasteiger partial charge in [-0.25, -0.2) is 14.2 Å². The number of nitrogens with zero attached hydrogens (tertiary/aromatic N) is 1. The number of hydrogen-bond acceptors (Lipinski definition) is 5. The van der Waals surface area contributed by atoms with Gasteiger partial charge in [-0.05, 0) is 24.3 Å².